The molecule has 2 rings (SSSR count). The molecule has 0 saturated heterocycles. The first-order valence-electron chi connectivity index (χ1n) is 7.71. The van der Waals surface area contributed by atoms with Crippen molar-refractivity contribution in [1.29, 1.82) is 0 Å². The monoisotopic (exact) mass is 280 g/mol. The zero-order chi connectivity index (χ0) is 14.5. The average Bonchev–Trinajstić information content (AvgIpc) is 3.16. The first-order chi connectivity index (χ1) is 9.61. The van der Waals surface area contributed by atoms with Gasteiger partial charge in [-0.2, -0.15) is 0 Å². The maximum atomic E-state index is 6.28. The summed E-state index contributed by atoms with van der Waals surface area (Å²) in [7, 11) is 2.10. The predicted molar refractivity (Wildman–Crippen MR) is 80.6 cm³/mol. The molecule has 1 aromatic rings. The normalized spacial score (nSPS) is 18.4. The number of hydrogen-bond donors (Lipinski definition) is 1. The van der Waals surface area contributed by atoms with E-state index in [1.807, 2.05) is 19.1 Å². The third-order valence-electron chi connectivity index (χ3n) is 4.04. The summed E-state index contributed by atoms with van der Waals surface area (Å²) in [5.74, 6) is 2.72. The lowest BCUT2D eigenvalue weighted by Crippen LogP contribution is -2.40. The number of likely N-dealkylation sites (N-methyl/N-ethyl adjacent to an activating group) is 1. The summed E-state index contributed by atoms with van der Waals surface area (Å²) in [6.07, 6.45) is 3.60. The van der Waals surface area contributed by atoms with Gasteiger partial charge in [-0.3, -0.25) is 4.90 Å². The van der Waals surface area contributed by atoms with E-state index in [1.165, 1.54) is 12.8 Å². The third-order valence-corrected chi connectivity index (χ3v) is 4.04. The van der Waals surface area contributed by atoms with Crippen molar-refractivity contribution >= 4 is 0 Å². The van der Waals surface area contributed by atoms with Crippen LogP contribution < -0.4 is 5.73 Å². The van der Waals surface area contributed by atoms with Crippen molar-refractivity contribution in [3.05, 3.63) is 23.7 Å². The number of ether oxygens (including phenoxy) is 1. The molecule has 1 heterocycles. The lowest BCUT2D eigenvalue weighted by molar-refractivity contribution is 0.0812. The average molecular weight is 280 g/mol. The number of aryl methyl sites for hydroxylation is 1. The first kappa shape index (κ1) is 15.5. The van der Waals surface area contributed by atoms with Crippen molar-refractivity contribution in [3.8, 4) is 0 Å². The second-order valence-corrected chi connectivity index (χ2v) is 5.96. The van der Waals surface area contributed by atoms with E-state index in [0.29, 0.717) is 0 Å². The van der Waals surface area contributed by atoms with Gasteiger partial charge in [0, 0.05) is 19.2 Å². The highest BCUT2D eigenvalue weighted by molar-refractivity contribution is 5.12. The highest BCUT2D eigenvalue weighted by Crippen LogP contribution is 2.29. The molecule has 1 fully saturated rings. The molecule has 114 valence electrons. The van der Waals surface area contributed by atoms with E-state index < -0.39 is 0 Å². The SMILES string of the molecule is CCC(N)C(c1ccc(C)o1)N(C)CCOCC1CC1. The van der Waals surface area contributed by atoms with Gasteiger partial charge in [-0.1, -0.05) is 6.92 Å². The van der Waals surface area contributed by atoms with Gasteiger partial charge in [0.25, 0.3) is 0 Å². The number of hydrogen-bond acceptors (Lipinski definition) is 4. The molecule has 0 bridgehead atoms. The second-order valence-electron chi connectivity index (χ2n) is 5.96. The van der Waals surface area contributed by atoms with Crippen LogP contribution in [-0.4, -0.2) is 37.7 Å². The largest absolute Gasteiger partial charge is 0.465 e. The Kier molecular flexibility index (Phi) is 5.64. The van der Waals surface area contributed by atoms with E-state index in [9.17, 15) is 0 Å². The minimum atomic E-state index is 0.0778. The Bertz CT molecular complexity index is 401. The zero-order valence-electron chi connectivity index (χ0n) is 13.0. The van der Waals surface area contributed by atoms with Crippen molar-refractivity contribution in [1.82, 2.24) is 4.90 Å². The number of rotatable bonds is 9. The van der Waals surface area contributed by atoms with Gasteiger partial charge >= 0.3 is 0 Å². The number of furan rings is 1. The molecule has 4 nitrogen and oxygen atoms in total. The van der Waals surface area contributed by atoms with E-state index in [4.69, 9.17) is 14.9 Å². The molecule has 0 aromatic carbocycles. The molecule has 20 heavy (non-hydrogen) atoms. The zero-order valence-corrected chi connectivity index (χ0v) is 13.0. The topological polar surface area (TPSA) is 51.6 Å². The van der Waals surface area contributed by atoms with Crippen molar-refractivity contribution in [2.45, 2.75) is 45.2 Å². The Labute approximate surface area is 122 Å². The van der Waals surface area contributed by atoms with Crippen molar-refractivity contribution in [2.24, 2.45) is 11.7 Å². The fourth-order valence-corrected chi connectivity index (χ4v) is 2.47. The second kappa shape index (κ2) is 7.25. The molecule has 2 N–H and O–H groups in total. The summed E-state index contributed by atoms with van der Waals surface area (Å²) in [5.41, 5.74) is 6.28. The summed E-state index contributed by atoms with van der Waals surface area (Å²) in [6.45, 7) is 6.64. The Morgan fingerprint density at radius 1 is 1.45 bits per heavy atom. The van der Waals surface area contributed by atoms with Gasteiger partial charge < -0.3 is 14.9 Å². The number of nitrogens with two attached hydrogens (primary N) is 1. The highest BCUT2D eigenvalue weighted by Gasteiger charge is 2.26. The summed E-state index contributed by atoms with van der Waals surface area (Å²) in [5, 5.41) is 0. The smallest absolute Gasteiger partial charge is 0.122 e. The van der Waals surface area contributed by atoms with Crippen LogP contribution in [0.5, 0.6) is 0 Å². The van der Waals surface area contributed by atoms with Crippen LogP contribution in [0, 0.1) is 12.8 Å². The molecule has 4 heteroatoms. The summed E-state index contributed by atoms with van der Waals surface area (Å²) >= 11 is 0. The van der Waals surface area contributed by atoms with Crippen LogP contribution in [0.2, 0.25) is 0 Å². The molecule has 0 spiro atoms. The lowest BCUT2D eigenvalue weighted by Gasteiger charge is -2.30. The van der Waals surface area contributed by atoms with Gasteiger partial charge in [0.05, 0.1) is 12.6 Å². The first-order valence-corrected chi connectivity index (χ1v) is 7.71. The van der Waals surface area contributed by atoms with Crippen molar-refractivity contribution in [2.75, 3.05) is 26.8 Å². The Morgan fingerprint density at radius 2 is 2.20 bits per heavy atom. The fourth-order valence-electron chi connectivity index (χ4n) is 2.47. The molecular formula is C16H28N2O2. The number of nitrogens with zero attached hydrogens (tertiary/aromatic N) is 1. The van der Waals surface area contributed by atoms with E-state index >= 15 is 0 Å². The van der Waals surface area contributed by atoms with Crippen LogP contribution in [0.3, 0.4) is 0 Å². The summed E-state index contributed by atoms with van der Waals surface area (Å²) < 4.78 is 11.5. The van der Waals surface area contributed by atoms with Gasteiger partial charge in [-0.15, -0.1) is 0 Å². The third kappa shape index (κ3) is 4.33. The van der Waals surface area contributed by atoms with E-state index in [1.54, 1.807) is 0 Å². The van der Waals surface area contributed by atoms with Gasteiger partial charge in [0.1, 0.15) is 11.5 Å². The van der Waals surface area contributed by atoms with Gasteiger partial charge in [-0.25, -0.2) is 0 Å². The molecule has 2 unspecified atom stereocenters. The summed E-state index contributed by atoms with van der Waals surface area (Å²) in [6, 6.07) is 4.24. The van der Waals surface area contributed by atoms with E-state index in [0.717, 1.165) is 43.6 Å². The van der Waals surface area contributed by atoms with Crippen LogP contribution in [0.4, 0.5) is 0 Å². The van der Waals surface area contributed by atoms with Gasteiger partial charge in [0.2, 0.25) is 0 Å². The van der Waals surface area contributed by atoms with Crippen LogP contribution >= 0.6 is 0 Å². The van der Waals surface area contributed by atoms with Gasteiger partial charge in [-0.05, 0) is 51.3 Å². The van der Waals surface area contributed by atoms with Crippen LogP contribution in [0.25, 0.3) is 0 Å². The van der Waals surface area contributed by atoms with Crippen LogP contribution in [0.15, 0.2) is 16.5 Å². The van der Waals surface area contributed by atoms with Gasteiger partial charge in [0.15, 0.2) is 0 Å². The highest BCUT2D eigenvalue weighted by atomic mass is 16.5. The molecule has 2 atom stereocenters. The molecule has 1 aromatic heterocycles. The molecular weight excluding hydrogens is 252 g/mol. The maximum absolute atomic E-state index is 6.28. The molecule has 0 radical (unpaired) electrons. The van der Waals surface area contributed by atoms with E-state index in [-0.39, 0.29) is 12.1 Å². The van der Waals surface area contributed by atoms with Crippen LogP contribution in [-0.2, 0) is 4.74 Å². The standard InChI is InChI=1S/C16H28N2O2/c1-4-14(17)16(15-8-5-12(2)20-15)18(3)9-10-19-11-13-6-7-13/h5,8,13-14,16H,4,6-7,9-11,17H2,1-3H3. The van der Waals surface area contributed by atoms with Crippen molar-refractivity contribution in [3.63, 3.8) is 0 Å². The minimum Gasteiger partial charge on any atom is -0.465 e. The van der Waals surface area contributed by atoms with E-state index in [2.05, 4.69) is 18.9 Å². The molecule has 1 aliphatic rings. The molecule has 0 amide bonds. The quantitative estimate of drug-likeness (QED) is 0.707. The maximum Gasteiger partial charge on any atom is 0.122 e. The predicted octanol–water partition coefficient (Wildman–Crippen LogP) is 2.72. The van der Waals surface area contributed by atoms with Crippen molar-refractivity contribution < 1.29 is 9.15 Å². The summed E-state index contributed by atoms with van der Waals surface area (Å²) in [4.78, 5) is 2.25. The van der Waals surface area contributed by atoms with Crippen LogP contribution in [0.1, 0.15) is 43.7 Å². The Balaban J connectivity index is 1.87. The lowest BCUT2D eigenvalue weighted by atomic mass is 10.0. The molecule has 0 aliphatic heterocycles. The minimum absolute atomic E-state index is 0.0778. The fraction of sp³-hybridized carbons (Fsp3) is 0.750. The molecule has 1 aliphatic carbocycles. The Morgan fingerprint density at radius 3 is 2.75 bits per heavy atom. The Hall–Kier alpha value is -0.840. The molecule has 1 saturated carbocycles.